The summed E-state index contributed by atoms with van der Waals surface area (Å²) < 4.78 is 33.9. The minimum Gasteiger partial charge on any atom is -0.488 e. The standard InChI is InChI=1S/C30H32F2N4O3.2ClH/c31-24-4-1-21(2-5-24)27-18-22(3-6-28(27)39-26-8-10-34-19-26)29(37)35-11-13-36(14-12-35)30(38)23-15-20(7-9-33)16-25(32)17-23;;/h1-6,15-18,26,34H,7-14,19,33H2;2*1H/t26-;;/m0../s1. The van der Waals surface area contributed by atoms with Gasteiger partial charge >= 0.3 is 0 Å². The highest BCUT2D eigenvalue weighted by Gasteiger charge is 2.27. The van der Waals surface area contributed by atoms with Gasteiger partial charge in [0.25, 0.3) is 11.8 Å². The molecule has 7 nitrogen and oxygen atoms in total. The van der Waals surface area contributed by atoms with Crippen LogP contribution in [-0.2, 0) is 6.42 Å². The van der Waals surface area contributed by atoms with Gasteiger partial charge in [-0.05, 0) is 85.6 Å². The van der Waals surface area contributed by atoms with Crippen LogP contribution in [0.25, 0.3) is 11.1 Å². The van der Waals surface area contributed by atoms with Crippen molar-refractivity contribution in [3.8, 4) is 16.9 Å². The number of halogens is 4. The SMILES string of the molecule is Cl.Cl.NCCc1cc(F)cc(C(=O)N2CCN(C(=O)c3ccc(O[C@H]4CCNC4)c(-c4ccc(F)cc4)c3)CC2)c1. The molecule has 3 aromatic rings. The van der Waals surface area contributed by atoms with Crippen molar-refractivity contribution in [2.75, 3.05) is 45.8 Å². The molecule has 0 unspecified atom stereocenters. The van der Waals surface area contributed by atoms with Crippen molar-refractivity contribution < 1.29 is 23.1 Å². The maximum absolute atomic E-state index is 14.1. The molecule has 5 rings (SSSR count). The van der Waals surface area contributed by atoms with Crippen LogP contribution in [0.5, 0.6) is 5.75 Å². The molecule has 3 N–H and O–H groups in total. The second-order valence-electron chi connectivity index (χ2n) is 9.92. The number of rotatable bonds is 7. The summed E-state index contributed by atoms with van der Waals surface area (Å²) >= 11 is 0. The van der Waals surface area contributed by atoms with Crippen LogP contribution in [-0.4, -0.2) is 73.5 Å². The van der Waals surface area contributed by atoms with Gasteiger partial charge < -0.3 is 25.6 Å². The third-order valence-corrected chi connectivity index (χ3v) is 7.18. The van der Waals surface area contributed by atoms with Gasteiger partial charge in [-0.25, -0.2) is 8.78 Å². The summed E-state index contributed by atoms with van der Waals surface area (Å²) in [5.41, 5.74) is 8.52. The quantitative estimate of drug-likeness (QED) is 0.418. The lowest BCUT2D eigenvalue weighted by molar-refractivity contribution is 0.0535. The second kappa shape index (κ2) is 14.6. The lowest BCUT2D eigenvalue weighted by Gasteiger charge is -2.35. The van der Waals surface area contributed by atoms with Crippen molar-refractivity contribution in [1.82, 2.24) is 15.1 Å². The number of carbonyl (C=O) groups is 2. The van der Waals surface area contributed by atoms with Crippen molar-refractivity contribution in [2.24, 2.45) is 5.73 Å². The van der Waals surface area contributed by atoms with E-state index < -0.39 is 5.82 Å². The number of nitrogens with two attached hydrogens (primary N) is 1. The summed E-state index contributed by atoms with van der Waals surface area (Å²) in [6.07, 6.45) is 1.40. The first-order valence-electron chi connectivity index (χ1n) is 13.3. The molecule has 2 heterocycles. The zero-order valence-corrected chi connectivity index (χ0v) is 24.1. The molecule has 11 heteroatoms. The van der Waals surface area contributed by atoms with E-state index in [1.807, 2.05) is 0 Å². The molecule has 2 saturated heterocycles. The van der Waals surface area contributed by atoms with Crippen LogP contribution in [0.2, 0.25) is 0 Å². The zero-order chi connectivity index (χ0) is 27.4. The molecular weight excluding hydrogens is 573 g/mol. The van der Waals surface area contributed by atoms with Crippen LogP contribution in [0.1, 0.15) is 32.7 Å². The largest absolute Gasteiger partial charge is 0.488 e. The molecule has 41 heavy (non-hydrogen) atoms. The van der Waals surface area contributed by atoms with E-state index in [1.165, 1.54) is 24.3 Å². The lowest BCUT2D eigenvalue weighted by atomic mass is 10.0. The molecule has 1 atom stereocenters. The molecule has 3 aromatic carbocycles. The van der Waals surface area contributed by atoms with E-state index in [1.54, 1.807) is 46.2 Å². The predicted octanol–water partition coefficient (Wildman–Crippen LogP) is 4.32. The van der Waals surface area contributed by atoms with E-state index in [0.29, 0.717) is 56.0 Å². The average Bonchev–Trinajstić information content (AvgIpc) is 3.46. The minimum absolute atomic E-state index is 0. The monoisotopic (exact) mass is 606 g/mol. The summed E-state index contributed by atoms with van der Waals surface area (Å²) in [4.78, 5) is 29.8. The van der Waals surface area contributed by atoms with Gasteiger partial charge in [0.2, 0.25) is 0 Å². The van der Waals surface area contributed by atoms with Gasteiger partial charge in [-0.2, -0.15) is 0 Å². The fourth-order valence-electron chi connectivity index (χ4n) is 5.09. The van der Waals surface area contributed by atoms with Gasteiger partial charge in [-0.1, -0.05) is 12.1 Å². The number of benzene rings is 3. The second-order valence-corrected chi connectivity index (χ2v) is 9.92. The van der Waals surface area contributed by atoms with Gasteiger partial charge in [0.05, 0.1) is 0 Å². The summed E-state index contributed by atoms with van der Waals surface area (Å²) in [6, 6.07) is 15.8. The number of amides is 2. The van der Waals surface area contributed by atoms with Crippen LogP contribution >= 0.6 is 24.8 Å². The topological polar surface area (TPSA) is 87.9 Å². The highest BCUT2D eigenvalue weighted by Crippen LogP contribution is 2.33. The highest BCUT2D eigenvalue weighted by molar-refractivity contribution is 5.97. The van der Waals surface area contributed by atoms with E-state index in [0.717, 1.165) is 30.6 Å². The molecule has 0 aliphatic carbocycles. The average molecular weight is 608 g/mol. The Bertz CT molecular complexity index is 1350. The molecule has 0 spiro atoms. The van der Waals surface area contributed by atoms with Crippen LogP contribution < -0.4 is 15.8 Å². The molecular formula is C30H34Cl2F2N4O3. The van der Waals surface area contributed by atoms with Crippen LogP contribution in [0.4, 0.5) is 8.78 Å². The van der Waals surface area contributed by atoms with Crippen molar-refractivity contribution in [3.63, 3.8) is 0 Å². The summed E-state index contributed by atoms with van der Waals surface area (Å²) in [5.74, 6) is -0.579. The maximum atomic E-state index is 14.1. The molecule has 0 saturated carbocycles. The highest BCUT2D eigenvalue weighted by atomic mass is 35.5. The van der Waals surface area contributed by atoms with Crippen molar-refractivity contribution in [3.05, 3.63) is 89.0 Å². The van der Waals surface area contributed by atoms with Crippen LogP contribution in [0.3, 0.4) is 0 Å². The fourth-order valence-corrected chi connectivity index (χ4v) is 5.09. The lowest BCUT2D eigenvalue weighted by Crippen LogP contribution is -2.50. The number of carbonyl (C=O) groups excluding carboxylic acids is 2. The number of nitrogens with one attached hydrogen (secondary N) is 1. The Hall–Kier alpha value is -3.24. The number of nitrogens with zero attached hydrogens (tertiary/aromatic N) is 2. The normalized spacial score (nSPS) is 16.5. The first kappa shape index (κ1) is 32.3. The summed E-state index contributed by atoms with van der Waals surface area (Å²) in [5, 5.41) is 3.28. The van der Waals surface area contributed by atoms with Gasteiger partial charge in [0, 0.05) is 49.4 Å². The van der Waals surface area contributed by atoms with Crippen molar-refractivity contribution >= 4 is 36.6 Å². The Balaban J connectivity index is 0.00000231. The molecule has 2 fully saturated rings. The van der Waals surface area contributed by atoms with Gasteiger partial charge in [0.1, 0.15) is 23.5 Å². The number of hydrogen-bond acceptors (Lipinski definition) is 5. The zero-order valence-electron chi connectivity index (χ0n) is 22.5. The third kappa shape index (κ3) is 7.74. The number of ether oxygens (including phenoxy) is 1. The minimum atomic E-state index is -0.466. The Labute approximate surface area is 250 Å². The molecule has 2 aliphatic rings. The molecule has 2 aliphatic heterocycles. The summed E-state index contributed by atoms with van der Waals surface area (Å²) in [6.45, 7) is 3.39. The smallest absolute Gasteiger partial charge is 0.254 e. The van der Waals surface area contributed by atoms with Crippen LogP contribution in [0.15, 0.2) is 60.7 Å². The predicted molar refractivity (Wildman–Crippen MR) is 159 cm³/mol. The van der Waals surface area contributed by atoms with E-state index in [9.17, 15) is 18.4 Å². The Morgan fingerprint density at radius 1 is 0.854 bits per heavy atom. The van der Waals surface area contributed by atoms with Gasteiger partial charge in [-0.15, -0.1) is 24.8 Å². The van der Waals surface area contributed by atoms with E-state index in [-0.39, 0.29) is 54.1 Å². The summed E-state index contributed by atoms with van der Waals surface area (Å²) in [7, 11) is 0. The Morgan fingerprint density at radius 2 is 1.51 bits per heavy atom. The fraction of sp³-hybridized carbons (Fsp3) is 0.333. The molecule has 0 aromatic heterocycles. The van der Waals surface area contributed by atoms with Crippen molar-refractivity contribution in [1.29, 1.82) is 0 Å². The first-order chi connectivity index (χ1) is 18.9. The van der Waals surface area contributed by atoms with E-state index >= 15 is 0 Å². The Kier molecular flexibility index (Phi) is 11.5. The van der Waals surface area contributed by atoms with Gasteiger partial charge in [0.15, 0.2) is 0 Å². The number of piperazine rings is 1. The molecule has 2 amide bonds. The van der Waals surface area contributed by atoms with Crippen LogP contribution in [0, 0.1) is 11.6 Å². The Morgan fingerprint density at radius 3 is 2.12 bits per heavy atom. The van der Waals surface area contributed by atoms with Gasteiger partial charge in [-0.3, -0.25) is 9.59 Å². The molecule has 0 bridgehead atoms. The van der Waals surface area contributed by atoms with E-state index in [4.69, 9.17) is 10.5 Å². The first-order valence-corrected chi connectivity index (χ1v) is 13.3. The molecule has 0 radical (unpaired) electrons. The molecule has 220 valence electrons. The maximum Gasteiger partial charge on any atom is 0.254 e. The van der Waals surface area contributed by atoms with Crippen molar-refractivity contribution in [2.45, 2.75) is 18.9 Å². The van der Waals surface area contributed by atoms with E-state index in [2.05, 4.69) is 5.32 Å². The third-order valence-electron chi connectivity index (χ3n) is 7.18. The number of hydrogen-bond donors (Lipinski definition) is 2.